The number of hydrogen-bond acceptors (Lipinski definition) is 7. The second kappa shape index (κ2) is 8.94. The van der Waals surface area contributed by atoms with E-state index in [-0.39, 0.29) is 24.1 Å². The number of anilines is 1. The number of aryl methyl sites for hydroxylation is 1. The molecule has 1 fully saturated rings. The number of nitrogens with zero attached hydrogens (tertiary/aromatic N) is 5. The maximum absolute atomic E-state index is 14.1. The molecule has 8 nitrogen and oxygen atoms in total. The Morgan fingerprint density at radius 3 is 2.81 bits per heavy atom. The summed E-state index contributed by atoms with van der Waals surface area (Å²) in [4.78, 5) is 26.1. The number of carbonyl (C=O) groups is 1. The van der Waals surface area contributed by atoms with E-state index < -0.39 is 5.82 Å². The van der Waals surface area contributed by atoms with Crippen LogP contribution in [0.3, 0.4) is 0 Å². The van der Waals surface area contributed by atoms with Crippen molar-refractivity contribution in [3.05, 3.63) is 53.2 Å². The van der Waals surface area contributed by atoms with E-state index in [0.717, 1.165) is 29.8 Å². The summed E-state index contributed by atoms with van der Waals surface area (Å²) >= 11 is 0. The summed E-state index contributed by atoms with van der Waals surface area (Å²) in [6.07, 6.45) is 3.44. The molecule has 1 unspecified atom stereocenters. The van der Waals surface area contributed by atoms with Gasteiger partial charge in [0.1, 0.15) is 0 Å². The molecule has 4 rings (SSSR count). The molecule has 1 amide bonds. The summed E-state index contributed by atoms with van der Waals surface area (Å²) in [5.74, 6) is 0.715. The third kappa shape index (κ3) is 4.28. The maximum atomic E-state index is 14.1. The van der Waals surface area contributed by atoms with Crippen molar-refractivity contribution in [2.24, 2.45) is 0 Å². The zero-order valence-corrected chi connectivity index (χ0v) is 18.6. The van der Waals surface area contributed by atoms with Gasteiger partial charge >= 0.3 is 0 Å². The lowest BCUT2D eigenvalue weighted by Gasteiger charge is -2.26. The lowest BCUT2D eigenvalue weighted by Crippen LogP contribution is -2.33. The highest BCUT2D eigenvalue weighted by Crippen LogP contribution is 2.37. The smallest absolute Gasteiger partial charge is 0.227 e. The summed E-state index contributed by atoms with van der Waals surface area (Å²) in [5, 5.41) is 3.98. The molecule has 0 radical (unpaired) electrons. The molecule has 0 N–H and O–H groups in total. The van der Waals surface area contributed by atoms with Crippen LogP contribution in [-0.4, -0.2) is 53.7 Å². The molecule has 32 heavy (non-hydrogen) atoms. The van der Waals surface area contributed by atoms with Gasteiger partial charge in [-0.2, -0.15) is 0 Å². The fraction of sp³-hybridized carbons (Fsp3) is 0.391. The van der Waals surface area contributed by atoms with Gasteiger partial charge in [0.05, 0.1) is 36.5 Å². The Labute approximate surface area is 186 Å². The van der Waals surface area contributed by atoms with Gasteiger partial charge < -0.3 is 19.1 Å². The SMILES string of the molecule is COc1ccc(CC(=O)N2CCCC2c2nc(N(C)C)ncc2-c2cc(C)no2)cc1F. The van der Waals surface area contributed by atoms with Crippen molar-refractivity contribution in [3.8, 4) is 17.1 Å². The van der Waals surface area contributed by atoms with Crippen molar-refractivity contribution in [2.45, 2.75) is 32.2 Å². The molecule has 0 spiro atoms. The van der Waals surface area contributed by atoms with Crippen LogP contribution in [0, 0.1) is 12.7 Å². The molecular weight excluding hydrogens is 413 g/mol. The standard InChI is InChI=1S/C23H26FN5O3/c1-14-10-20(32-27-14)16-13-25-23(28(2)3)26-22(16)18-6-5-9-29(18)21(30)12-15-7-8-19(31-4)17(24)11-15/h7-8,10-11,13,18H,5-6,9,12H2,1-4H3. The number of likely N-dealkylation sites (tertiary alicyclic amines) is 1. The van der Waals surface area contributed by atoms with Crippen LogP contribution >= 0.6 is 0 Å². The zero-order chi connectivity index (χ0) is 22.8. The van der Waals surface area contributed by atoms with E-state index in [1.54, 1.807) is 12.3 Å². The average molecular weight is 439 g/mol. The van der Waals surface area contributed by atoms with Gasteiger partial charge in [-0.3, -0.25) is 4.79 Å². The molecule has 1 aliphatic heterocycles. The lowest BCUT2D eigenvalue weighted by molar-refractivity contribution is -0.131. The second-order valence-electron chi connectivity index (χ2n) is 8.09. The van der Waals surface area contributed by atoms with Gasteiger partial charge in [0.15, 0.2) is 17.3 Å². The number of aromatic nitrogens is 3. The van der Waals surface area contributed by atoms with E-state index in [0.29, 0.717) is 23.8 Å². The van der Waals surface area contributed by atoms with Gasteiger partial charge in [0.25, 0.3) is 0 Å². The first-order chi connectivity index (χ1) is 15.4. The highest BCUT2D eigenvalue weighted by Gasteiger charge is 2.34. The molecular formula is C23H26FN5O3. The van der Waals surface area contributed by atoms with Crippen LogP contribution in [0.25, 0.3) is 11.3 Å². The summed E-state index contributed by atoms with van der Waals surface area (Å²) in [7, 11) is 5.15. The number of methoxy groups -OCH3 is 1. The van der Waals surface area contributed by atoms with Gasteiger partial charge in [-0.1, -0.05) is 11.2 Å². The zero-order valence-electron chi connectivity index (χ0n) is 18.6. The third-order valence-corrected chi connectivity index (χ3v) is 5.56. The summed E-state index contributed by atoms with van der Waals surface area (Å²) < 4.78 is 24.5. The number of carbonyl (C=O) groups excluding carboxylic acids is 1. The van der Waals surface area contributed by atoms with Crippen molar-refractivity contribution in [1.82, 2.24) is 20.0 Å². The monoisotopic (exact) mass is 439 g/mol. The molecule has 9 heteroatoms. The Morgan fingerprint density at radius 1 is 1.34 bits per heavy atom. The number of halogens is 1. The quantitative estimate of drug-likeness (QED) is 0.581. The Hall–Kier alpha value is -3.49. The van der Waals surface area contributed by atoms with Crippen LogP contribution in [0.5, 0.6) is 5.75 Å². The largest absolute Gasteiger partial charge is 0.494 e. The van der Waals surface area contributed by atoms with Crippen LogP contribution in [-0.2, 0) is 11.2 Å². The number of amides is 1. The minimum absolute atomic E-state index is 0.0817. The number of ether oxygens (including phenoxy) is 1. The Balaban J connectivity index is 1.65. The van der Waals surface area contributed by atoms with E-state index in [1.165, 1.54) is 19.2 Å². The Bertz CT molecular complexity index is 1130. The predicted octanol–water partition coefficient (Wildman–Crippen LogP) is 3.56. The minimum Gasteiger partial charge on any atom is -0.494 e. The van der Waals surface area contributed by atoms with Crippen molar-refractivity contribution >= 4 is 11.9 Å². The lowest BCUT2D eigenvalue weighted by atomic mass is 10.0. The van der Waals surface area contributed by atoms with Crippen molar-refractivity contribution in [2.75, 3.05) is 32.6 Å². The second-order valence-corrected chi connectivity index (χ2v) is 8.09. The fourth-order valence-corrected chi connectivity index (χ4v) is 3.98. The molecule has 168 valence electrons. The molecule has 0 aliphatic carbocycles. The van der Waals surface area contributed by atoms with Crippen molar-refractivity contribution in [3.63, 3.8) is 0 Å². The van der Waals surface area contributed by atoms with Gasteiger partial charge in [0.2, 0.25) is 11.9 Å². The molecule has 1 atom stereocenters. The first-order valence-corrected chi connectivity index (χ1v) is 10.5. The molecule has 2 aromatic heterocycles. The summed E-state index contributed by atoms with van der Waals surface area (Å²) in [6.45, 7) is 2.46. The molecule has 1 aromatic carbocycles. The predicted molar refractivity (Wildman–Crippen MR) is 117 cm³/mol. The van der Waals surface area contributed by atoms with Crippen LogP contribution in [0.1, 0.15) is 35.8 Å². The highest BCUT2D eigenvalue weighted by atomic mass is 19.1. The van der Waals surface area contributed by atoms with Gasteiger partial charge in [-0.15, -0.1) is 0 Å². The van der Waals surface area contributed by atoms with Gasteiger partial charge in [0, 0.05) is 32.9 Å². The Morgan fingerprint density at radius 2 is 2.16 bits per heavy atom. The topological polar surface area (TPSA) is 84.6 Å². The van der Waals surface area contributed by atoms with Crippen molar-refractivity contribution < 1.29 is 18.4 Å². The van der Waals surface area contributed by atoms with E-state index in [9.17, 15) is 9.18 Å². The molecule has 0 bridgehead atoms. The minimum atomic E-state index is -0.481. The average Bonchev–Trinajstić information content (AvgIpc) is 3.42. The molecule has 1 saturated heterocycles. The molecule has 3 aromatic rings. The molecule has 0 saturated carbocycles. The van der Waals surface area contributed by atoms with Crippen LogP contribution in [0.2, 0.25) is 0 Å². The number of hydrogen-bond donors (Lipinski definition) is 0. The first kappa shape index (κ1) is 21.7. The third-order valence-electron chi connectivity index (χ3n) is 5.56. The van der Waals surface area contributed by atoms with Crippen LogP contribution < -0.4 is 9.64 Å². The van der Waals surface area contributed by atoms with Gasteiger partial charge in [-0.25, -0.2) is 14.4 Å². The highest BCUT2D eigenvalue weighted by molar-refractivity contribution is 5.80. The molecule has 1 aliphatic rings. The van der Waals surface area contributed by atoms with E-state index in [4.69, 9.17) is 14.2 Å². The van der Waals surface area contributed by atoms with Crippen LogP contribution in [0.15, 0.2) is 35.0 Å². The Kier molecular flexibility index (Phi) is 6.07. The normalized spacial score (nSPS) is 15.8. The van der Waals surface area contributed by atoms with Crippen molar-refractivity contribution in [1.29, 1.82) is 0 Å². The van der Waals surface area contributed by atoms with Crippen LogP contribution in [0.4, 0.5) is 10.3 Å². The van der Waals surface area contributed by atoms with E-state index >= 15 is 0 Å². The number of benzene rings is 1. The summed E-state index contributed by atoms with van der Waals surface area (Å²) in [6, 6.07) is 6.20. The van der Waals surface area contributed by atoms with Gasteiger partial charge in [-0.05, 0) is 37.5 Å². The molecule has 3 heterocycles. The van der Waals surface area contributed by atoms with E-state index in [1.807, 2.05) is 36.9 Å². The van der Waals surface area contributed by atoms with E-state index in [2.05, 4.69) is 10.1 Å². The maximum Gasteiger partial charge on any atom is 0.227 e. The number of rotatable bonds is 6. The summed E-state index contributed by atoms with van der Waals surface area (Å²) in [5.41, 5.74) is 2.80. The fourth-order valence-electron chi connectivity index (χ4n) is 3.98. The first-order valence-electron chi connectivity index (χ1n) is 10.5.